The van der Waals surface area contributed by atoms with Crippen molar-refractivity contribution < 1.29 is 15.3 Å². The standard InChI is InChI=1S/C27H30N6O3/c1-15-12-17(10-11-28-15)30-26-29-14-18(21-9-8-16-6-4-5-7-20(16)31-21)25(33-26)32-22-13-19(27(2,3)36)23(34)24(22)35/h4-12,14,19,22-24,34-36H,13H2,1-3H3,(H2,28,29,30,32,33)/t19-,22+,23+,24-/m0/s1. The van der Waals surface area contributed by atoms with E-state index in [4.69, 9.17) is 9.97 Å². The molecular formula is C27H30N6O3. The normalized spacial score (nSPS) is 22.1. The van der Waals surface area contributed by atoms with Gasteiger partial charge in [0.2, 0.25) is 5.95 Å². The molecular weight excluding hydrogens is 456 g/mol. The van der Waals surface area contributed by atoms with E-state index in [2.05, 4.69) is 20.6 Å². The molecule has 1 aromatic carbocycles. The molecule has 1 aliphatic rings. The van der Waals surface area contributed by atoms with Crippen molar-refractivity contribution in [1.82, 2.24) is 19.9 Å². The summed E-state index contributed by atoms with van der Waals surface area (Å²) < 4.78 is 0. The van der Waals surface area contributed by atoms with Gasteiger partial charge in [-0.05, 0) is 51.5 Å². The summed E-state index contributed by atoms with van der Waals surface area (Å²) in [4.78, 5) is 18.2. The van der Waals surface area contributed by atoms with Crippen molar-refractivity contribution in [3.63, 3.8) is 0 Å². The van der Waals surface area contributed by atoms with Gasteiger partial charge >= 0.3 is 0 Å². The van der Waals surface area contributed by atoms with Crippen LogP contribution in [0.1, 0.15) is 26.0 Å². The minimum Gasteiger partial charge on any atom is -0.390 e. The number of hydrogen-bond donors (Lipinski definition) is 5. The average Bonchev–Trinajstić information content (AvgIpc) is 3.13. The SMILES string of the molecule is Cc1cc(Nc2ncc(-c3ccc4ccccc4n3)c(N[C@@H]3C[C@H](C(C)(C)O)[C@@H](O)[C@H]3O)n2)ccn1. The van der Waals surface area contributed by atoms with Crippen LogP contribution in [0.25, 0.3) is 22.2 Å². The Morgan fingerprint density at radius 3 is 2.53 bits per heavy atom. The smallest absolute Gasteiger partial charge is 0.229 e. The van der Waals surface area contributed by atoms with Gasteiger partial charge in [-0.15, -0.1) is 0 Å². The van der Waals surface area contributed by atoms with E-state index in [1.165, 1.54) is 0 Å². The molecule has 3 aromatic heterocycles. The summed E-state index contributed by atoms with van der Waals surface area (Å²) in [6.07, 6.45) is 1.62. The Kier molecular flexibility index (Phi) is 6.29. The van der Waals surface area contributed by atoms with Crippen molar-refractivity contribution in [1.29, 1.82) is 0 Å². The molecule has 5 rings (SSSR count). The monoisotopic (exact) mass is 486 g/mol. The second-order valence-corrected chi connectivity index (χ2v) is 9.88. The number of anilines is 3. The third-order valence-corrected chi connectivity index (χ3v) is 6.73. The Labute approximate surface area is 209 Å². The first-order valence-electron chi connectivity index (χ1n) is 12.0. The van der Waals surface area contributed by atoms with E-state index >= 15 is 0 Å². The van der Waals surface area contributed by atoms with E-state index in [1.54, 1.807) is 26.2 Å². The first-order chi connectivity index (χ1) is 17.2. The molecule has 1 saturated carbocycles. The minimum atomic E-state index is -1.14. The largest absolute Gasteiger partial charge is 0.390 e. The summed E-state index contributed by atoms with van der Waals surface area (Å²) in [6.45, 7) is 5.19. The maximum absolute atomic E-state index is 10.8. The molecule has 0 spiro atoms. The zero-order chi connectivity index (χ0) is 25.4. The maximum Gasteiger partial charge on any atom is 0.229 e. The number of aliphatic hydroxyl groups excluding tert-OH is 2. The Bertz CT molecular complexity index is 1390. The summed E-state index contributed by atoms with van der Waals surface area (Å²) in [5, 5.41) is 39.4. The second-order valence-electron chi connectivity index (χ2n) is 9.88. The first-order valence-corrected chi connectivity index (χ1v) is 12.0. The number of nitrogens with zero attached hydrogens (tertiary/aromatic N) is 4. The molecule has 186 valence electrons. The highest BCUT2D eigenvalue weighted by atomic mass is 16.3. The van der Waals surface area contributed by atoms with Crippen LogP contribution in [0.4, 0.5) is 17.5 Å². The van der Waals surface area contributed by atoms with Crippen molar-refractivity contribution in [2.45, 2.75) is 51.0 Å². The minimum absolute atomic E-state index is 0.361. The Balaban J connectivity index is 1.53. The van der Waals surface area contributed by atoms with Gasteiger partial charge in [-0.25, -0.2) is 9.97 Å². The molecule has 3 heterocycles. The molecule has 0 bridgehead atoms. The van der Waals surface area contributed by atoms with Gasteiger partial charge in [0.25, 0.3) is 0 Å². The lowest BCUT2D eigenvalue weighted by Crippen LogP contribution is -2.40. The van der Waals surface area contributed by atoms with Crippen LogP contribution < -0.4 is 10.6 Å². The number of pyridine rings is 2. The van der Waals surface area contributed by atoms with Gasteiger partial charge in [0.05, 0.1) is 34.5 Å². The van der Waals surface area contributed by atoms with Crippen molar-refractivity contribution >= 4 is 28.4 Å². The van der Waals surface area contributed by atoms with Crippen LogP contribution in [0.5, 0.6) is 0 Å². The Morgan fingerprint density at radius 2 is 1.78 bits per heavy atom. The van der Waals surface area contributed by atoms with Crippen LogP contribution in [0, 0.1) is 12.8 Å². The van der Waals surface area contributed by atoms with E-state index < -0.39 is 29.8 Å². The zero-order valence-corrected chi connectivity index (χ0v) is 20.4. The fourth-order valence-corrected chi connectivity index (χ4v) is 4.76. The maximum atomic E-state index is 10.8. The molecule has 1 fully saturated rings. The molecule has 36 heavy (non-hydrogen) atoms. The molecule has 0 saturated heterocycles. The van der Waals surface area contributed by atoms with Gasteiger partial charge in [0, 0.05) is 35.1 Å². The van der Waals surface area contributed by atoms with Gasteiger partial charge in [-0.2, -0.15) is 4.98 Å². The molecule has 9 heteroatoms. The van der Waals surface area contributed by atoms with Crippen LogP contribution in [-0.4, -0.2) is 59.1 Å². The fraction of sp³-hybridized carbons (Fsp3) is 0.333. The number of nitrogens with one attached hydrogen (secondary N) is 2. The highest BCUT2D eigenvalue weighted by molar-refractivity contribution is 5.83. The lowest BCUT2D eigenvalue weighted by Gasteiger charge is -2.28. The number of para-hydroxylation sites is 1. The third kappa shape index (κ3) is 4.86. The van der Waals surface area contributed by atoms with Crippen molar-refractivity contribution in [3.8, 4) is 11.3 Å². The predicted molar refractivity (Wildman–Crippen MR) is 139 cm³/mol. The molecule has 0 aliphatic heterocycles. The van der Waals surface area contributed by atoms with Crippen molar-refractivity contribution in [2.24, 2.45) is 5.92 Å². The molecule has 0 amide bonds. The van der Waals surface area contributed by atoms with Crippen LogP contribution in [-0.2, 0) is 0 Å². The quantitative estimate of drug-likeness (QED) is 0.278. The number of fused-ring (bicyclic) bond motifs is 1. The van der Waals surface area contributed by atoms with E-state index in [-0.39, 0.29) is 0 Å². The number of rotatable bonds is 6. The topological polar surface area (TPSA) is 136 Å². The summed E-state index contributed by atoms with van der Waals surface area (Å²) in [6, 6.07) is 14.9. The van der Waals surface area contributed by atoms with Crippen LogP contribution in [0.15, 0.2) is 60.9 Å². The number of aromatic nitrogens is 4. The molecule has 5 N–H and O–H groups in total. The number of aryl methyl sites for hydroxylation is 1. The van der Waals surface area contributed by atoms with Crippen LogP contribution in [0.2, 0.25) is 0 Å². The third-order valence-electron chi connectivity index (χ3n) is 6.73. The first kappa shape index (κ1) is 24.1. The van der Waals surface area contributed by atoms with E-state index in [0.29, 0.717) is 29.4 Å². The number of aliphatic hydroxyl groups is 3. The lowest BCUT2D eigenvalue weighted by molar-refractivity contribution is -0.0601. The van der Waals surface area contributed by atoms with Gasteiger partial charge in [-0.1, -0.05) is 24.3 Å². The van der Waals surface area contributed by atoms with Crippen LogP contribution >= 0.6 is 0 Å². The second kappa shape index (κ2) is 9.42. The fourth-order valence-electron chi connectivity index (χ4n) is 4.76. The summed E-state index contributed by atoms with van der Waals surface area (Å²) >= 11 is 0. The van der Waals surface area contributed by atoms with E-state index in [9.17, 15) is 15.3 Å². The van der Waals surface area contributed by atoms with Gasteiger partial charge in [-0.3, -0.25) is 4.98 Å². The van der Waals surface area contributed by atoms with Gasteiger partial charge in [0.1, 0.15) is 11.9 Å². The Morgan fingerprint density at radius 1 is 0.972 bits per heavy atom. The van der Waals surface area contributed by atoms with Crippen LogP contribution in [0.3, 0.4) is 0 Å². The molecule has 0 unspecified atom stereocenters. The number of hydrogen-bond acceptors (Lipinski definition) is 9. The predicted octanol–water partition coefficient (Wildman–Crippen LogP) is 3.43. The van der Waals surface area contributed by atoms with Gasteiger partial charge in [0.15, 0.2) is 0 Å². The molecule has 4 aromatic rings. The summed E-state index contributed by atoms with van der Waals surface area (Å²) in [7, 11) is 0. The highest BCUT2D eigenvalue weighted by Gasteiger charge is 2.47. The molecule has 0 radical (unpaired) electrons. The lowest BCUT2D eigenvalue weighted by atomic mass is 9.88. The zero-order valence-electron chi connectivity index (χ0n) is 20.4. The average molecular weight is 487 g/mol. The van der Waals surface area contributed by atoms with Crippen molar-refractivity contribution in [3.05, 3.63) is 66.6 Å². The van der Waals surface area contributed by atoms with Gasteiger partial charge < -0.3 is 26.0 Å². The summed E-state index contributed by atoms with van der Waals surface area (Å²) in [5.41, 5.74) is 2.69. The number of benzene rings is 1. The van der Waals surface area contributed by atoms with E-state index in [0.717, 1.165) is 22.3 Å². The Hall–Kier alpha value is -3.66. The molecule has 1 aliphatic carbocycles. The molecule has 9 nitrogen and oxygen atoms in total. The molecule has 4 atom stereocenters. The summed E-state index contributed by atoms with van der Waals surface area (Å²) in [5.74, 6) is 0.333. The van der Waals surface area contributed by atoms with E-state index in [1.807, 2.05) is 55.5 Å². The van der Waals surface area contributed by atoms with Crippen molar-refractivity contribution in [2.75, 3.05) is 10.6 Å². The highest BCUT2D eigenvalue weighted by Crippen LogP contribution is 2.37.